The number of alkyl halides is 4. The number of amides is 3. The number of nitrogens with one attached hydrogen (secondary N) is 2. The van der Waals surface area contributed by atoms with Crippen LogP contribution < -0.4 is 15.5 Å². The van der Waals surface area contributed by atoms with E-state index in [1.165, 1.54) is 17.0 Å². The van der Waals surface area contributed by atoms with Gasteiger partial charge < -0.3 is 10.2 Å². The first-order valence-corrected chi connectivity index (χ1v) is 13.0. The van der Waals surface area contributed by atoms with Gasteiger partial charge in [0, 0.05) is 68.5 Å². The molecule has 0 atom stereocenters. The molecule has 2 fully saturated rings. The molecule has 3 aliphatic heterocycles. The summed E-state index contributed by atoms with van der Waals surface area (Å²) in [6, 6.07) is 3.36. The van der Waals surface area contributed by atoms with E-state index in [4.69, 9.17) is 0 Å². The molecule has 12 nitrogen and oxygen atoms in total. The number of likely N-dealkylation sites (N-methyl/N-ethyl adjacent to an activating group) is 1. The summed E-state index contributed by atoms with van der Waals surface area (Å²) in [7, 11) is 1.82. The maximum Gasteiger partial charge on any atom is 0.522 e. The zero-order valence-electron chi connectivity index (χ0n) is 22.4. The molecule has 6 rings (SSSR count). The topological polar surface area (TPSA) is 144 Å². The van der Waals surface area contributed by atoms with Gasteiger partial charge in [0.15, 0.2) is 6.29 Å². The third kappa shape index (κ3) is 5.83. The molecule has 16 heteroatoms. The standard InChI is InChI=1S/C26H26F4N8O4/c1-36-3-4-37(22(40)13-36)12-15-6-18-23(34-20(15)14-39)38(17-8-25(18,27)9-17)24(41)35-21-7-19(16(10-31)11-33-21)32-2-5-42-26(28,29)30/h6-7,11,14,17H,2-5,8-9,12-13H2,1H3,(H2,32,33,35,41). The van der Waals surface area contributed by atoms with Crippen molar-refractivity contribution in [1.29, 1.82) is 5.26 Å². The first-order valence-electron chi connectivity index (χ1n) is 13.0. The predicted molar refractivity (Wildman–Crippen MR) is 139 cm³/mol. The minimum Gasteiger partial charge on any atom is -0.381 e. The summed E-state index contributed by atoms with van der Waals surface area (Å²) in [6.07, 6.45) is -3.15. The number of carbonyl (C=O) groups excluding carboxylic acids is 3. The normalized spacial score (nSPS) is 21.7. The van der Waals surface area contributed by atoms with Crippen LogP contribution in [0.2, 0.25) is 0 Å². The lowest BCUT2D eigenvalue weighted by Gasteiger charge is -2.52. The van der Waals surface area contributed by atoms with Crippen molar-refractivity contribution >= 4 is 35.5 Å². The Morgan fingerprint density at radius 1 is 1.31 bits per heavy atom. The van der Waals surface area contributed by atoms with Gasteiger partial charge in [-0.2, -0.15) is 5.26 Å². The van der Waals surface area contributed by atoms with Gasteiger partial charge in [-0.05, 0) is 13.1 Å². The number of halogens is 4. The Hall–Kier alpha value is -4.36. The average molecular weight is 591 g/mol. The fourth-order valence-corrected chi connectivity index (χ4v) is 5.31. The molecular formula is C26H26F4N8O4. The van der Waals surface area contributed by atoms with Gasteiger partial charge >= 0.3 is 12.4 Å². The molecule has 1 saturated heterocycles. The fourth-order valence-electron chi connectivity index (χ4n) is 5.31. The van der Waals surface area contributed by atoms with Crippen molar-refractivity contribution in [3.05, 3.63) is 40.7 Å². The van der Waals surface area contributed by atoms with E-state index in [9.17, 15) is 32.8 Å². The molecule has 0 aromatic carbocycles. The molecule has 2 bridgehead atoms. The van der Waals surface area contributed by atoms with Crippen molar-refractivity contribution in [2.45, 2.75) is 37.5 Å². The zero-order valence-corrected chi connectivity index (χ0v) is 22.4. The number of pyridine rings is 2. The molecule has 222 valence electrons. The van der Waals surface area contributed by atoms with Crippen molar-refractivity contribution in [2.24, 2.45) is 0 Å². The van der Waals surface area contributed by atoms with E-state index < -0.39 is 30.7 Å². The Morgan fingerprint density at radius 2 is 2.07 bits per heavy atom. The third-order valence-corrected chi connectivity index (χ3v) is 7.45. The lowest BCUT2D eigenvalue weighted by molar-refractivity contribution is -0.322. The summed E-state index contributed by atoms with van der Waals surface area (Å²) < 4.78 is 56.2. The molecule has 1 aliphatic carbocycles. The molecule has 5 heterocycles. The lowest BCUT2D eigenvalue weighted by atomic mass is 9.68. The number of anilines is 3. The summed E-state index contributed by atoms with van der Waals surface area (Å²) in [6.45, 7) is 0.375. The maximum absolute atomic E-state index is 15.8. The van der Waals surface area contributed by atoms with Gasteiger partial charge in [-0.25, -0.2) is 19.2 Å². The second-order valence-electron chi connectivity index (χ2n) is 10.4. The summed E-state index contributed by atoms with van der Waals surface area (Å²) in [5.74, 6) is -0.184. The van der Waals surface area contributed by atoms with Gasteiger partial charge in [0.05, 0.1) is 24.4 Å². The van der Waals surface area contributed by atoms with Crippen LogP contribution in [0, 0.1) is 11.3 Å². The quantitative estimate of drug-likeness (QED) is 0.269. The second kappa shape index (κ2) is 11.1. The molecule has 1 saturated carbocycles. The van der Waals surface area contributed by atoms with Gasteiger partial charge in [-0.3, -0.25) is 29.4 Å². The van der Waals surface area contributed by atoms with E-state index in [1.54, 1.807) is 4.90 Å². The SMILES string of the molecule is CN1CCN(Cc2cc3c(nc2C=O)N(C(=O)Nc2cc(NCCOC(F)(F)F)c(C#N)cn2)C2CC3(F)C2)C(=O)C1. The molecular weight excluding hydrogens is 564 g/mol. The van der Waals surface area contributed by atoms with Gasteiger partial charge in [-0.1, -0.05) is 0 Å². The summed E-state index contributed by atoms with van der Waals surface area (Å²) in [4.78, 5) is 51.0. The number of nitrogens with zero attached hydrogens (tertiary/aromatic N) is 6. The summed E-state index contributed by atoms with van der Waals surface area (Å²) in [5, 5.41) is 14.5. The van der Waals surface area contributed by atoms with Crippen LogP contribution in [0.4, 0.5) is 39.7 Å². The lowest BCUT2D eigenvalue weighted by Crippen LogP contribution is -2.60. The number of rotatable bonds is 8. The minimum atomic E-state index is -4.80. The number of hydrogen-bond acceptors (Lipinski definition) is 9. The van der Waals surface area contributed by atoms with Crippen LogP contribution >= 0.6 is 0 Å². The van der Waals surface area contributed by atoms with Crippen LogP contribution in [0.1, 0.15) is 40.0 Å². The predicted octanol–water partition coefficient (Wildman–Crippen LogP) is 2.76. The molecule has 3 amide bonds. The smallest absolute Gasteiger partial charge is 0.381 e. The highest BCUT2D eigenvalue weighted by Crippen LogP contribution is 2.56. The van der Waals surface area contributed by atoms with E-state index in [0.717, 1.165) is 6.20 Å². The van der Waals surface area contributed by atoms with Crippen molar-refractivity contribution in [3.8, 4) is 6.07 Å². The number of hydrogen-bond donors (Lipinski definition) is 2. The van der Waals surface area contributed by atoms with Crippen molar-refractivity contribution in [2.75, 3.05) is 55.4 Å². The number of aldehydes is 1. The van der Waals surface area contributed by atoms with Crippen LogP contribution in [-0.2, 0) is 21.7 Å². The Labute approximate surface area is 237 Å². The monoisotopic (exact) mass is 590 g/mol. The third-order valence-electron chi connectivity index (χ3n) is 7.45. The number of aromatic nitrogens is 2. The molecule has 0 unspecified atom stereocenters. The Kier molecular flexibility index (Phi) is 7.73. The molecule has 2 aromatic rings. The number of piperazine rings is 1. The highest BCUT2D eigenvalue weighted by atomic mass is 19.4. The van der Waals surface area contributed by atoms with Crippen molar-refractivity contribution < 1.29 is 36.7 Å². The molecule has 42 heavy (non-hydrogen) atoms. The van der Waals surface area contributed by atoms with E-state index in [1.807, 2.05) is 18.0 Å². The van der Waals surface area contributed by atoms with Crippen LogP contribution in [0.25, 0.3) is 0 Å². The van der Waals surface area contributed by atoms with E-state index in [2.05, 4.69) is 25.3 Å². The highest BCUT2D eigenvalue weighted by molar-refractivity contribution is 6.03. The zero-order chi connectivity index (χ0) is 30.2. The summed E-state index contributed by atoms with van der Waals surface area (Å²) in [5.41, 5.74) is -1.11. The second-order valence-corrected chi connectivity index (χ2v) is 10.4. The minimum absolute atomic E-state index is 0.00915. The van der Waals surface area contributed by atoms with E-state index >= 15 is 4.39 Å². The Bertz CT molecular complexity index is 1460. The summed E-state index contributed by atoms with van der Waals surface area (Å²) >= 11 is 0. The van der Waals surface area contributed by atoms with Crippen molar-refractivity contribution in [3.63, 3.8) is 0 Å². The average Bonchev–Trinajstić information content (AvgIpc) is 2.91. The maximum atomic E-state index is 15.8. The molecule has 0 radical (unpaired) electrons. The van der Waals surface area contributed by atoms with Crippen LogP contribution in [0.15, 0.2) is 18.3 Å². The van der Waals surface area contributed by atoms with Gasteiger partial charge in [0.2, 0.25) is 5.91 Å². The van der Waals surface area contributed by atoms with Crippen molar-refractivity contribution in [1.82, 2.24) is 19.8 Å². The molecule has 4 aliphatic rings. The van der Waals surface area contributed by atoms with Crippen LogP contribution in [-0.4, -0.2) is 90.2 Å². The number of urea groups is 1. The van der Waals surface area contributed by atoms with Gasteiger partial charge in [0.25, 0.3) is 0 Å². The molecule has 0 spiro atoms. The van der Waals surface area contributed by atoms with Crippen LogP contribution in [0.3, 0.4) is 0 Å². The van der Waals surface area contributed by atoms with Crippen LogP contribution in [0.5, 0.6) is 0 Å². The molecule has 2 aromatic heterocycles. The largest absolute Gasteiger partial charge is 0.522 e. The number of carbonyl (C=O) groups is 3. The number of nitriles is 1. The van der Waals surface area contributed by atoms with E-state index in [0.29, 0.717) is 24.9 Å². The van der Waals surface area contributed by atoms with Gasteiger partial charge in [0.1, 0.15) is 29.1 Å². The molecule has 2 N–H and O–H groups in total. The number of ether oxygens (including phenoxy) is 1. The van der Waals surface area contributed by atoms with E-state index in [-0.39, 0.29) is 72.5 Å². The Morgan fingerprint density at radius 3 is 2.74 bits per heavy atom. The Balaban J connectivity index is 1.36. The highest BCUT2D eigenvalue weighted by Gasteiger charge is 2.57. The fraction of sp³-hybridized carbons (Fsp3) is 0.462. The first kappa shape index (κ1) is 29.1. The first-order chi connectivity index (χ1) is 19.9. The van der Waals surface area contributed by atoms with Gasteiger partial charge in [-0.15, -0.1) is 13.2 Å².